The first kappa shape index (κ1) is 11.4. The standard InChI is InChI=1S/C13H18N2S/c1-8(2)10-5-11-13(16-7-14-11)12(6-10)15-9(3)4/h5-9,15H,1-4H3. The van der Waals surface area contributed by atoms with Crippen LogP contribution in [0.4, 0.5) is 5.69 Å². The number of benzene rings is 1. The van der Waals surface area contributed by atoms with Gasteiger partial charge in [-0.25, -0.2) is 4.98 Å². The van der Waals surface area contributed by atoms with E-state index in [4.69, 9.17) is 0 Å². The Kier molecular flexibility index (Phi) is 3.15. The fourth-order valence-corrected chi connectivity index (χ4v) is 2.49. The Balaban J connectivity index is 2.54. The lowest BCUT2D eigenvalue weighted by molar-refractivity contribution is 0.864. The van der Waals surface area contributed by atoms with Gasteiger partial charge in [0.1, 0.15) is 0 Å². The molecule has 2 aromatic rings. The molecule has 1 heterocycles. The van der Waals surface area contributed by atoms with Crippen LogP contribution in [0, 0.1) is 0 Å². The molecule has 0 amide bonds. The molecule has 1 N–H and O–H groups in total. The predicted molar refractivity (Wildman–Crippen MR) is 72.5 cm³/mol. The van der Waals surface area contributed by atoms with Crippen molar-refractivity contribution in [3.8, 4) is 0 Å². The van der Waals surface area contributed by atoms with Crippen LogP contribution in [-0.4, -0.2) is 11.0 Å². The molecule has 0 fully saturated rings. The highest BCUT2D eigenvalue weighted by Crippen LogP contribution is 2.31. The summed E-state index contributed by atoms with van der Waals surface area (Å²) >= 11 is 1.70. The van der Waals surface area contributed by atoms with E-state index < -0.39 is 0 Å². The van der Waals surface area contributed by atoms with Crippen LogP contribution >= 0.6 is 11.3 Å². The van der Waals surface area contributed by atoms with Gasteiger partial charge in [0.05, 0.1) is 21.4 Å². The molecule has 86 valence electrons. The minimum Gasteiger partial charge on any atom is -0.382 e. The second-order valence-corrected chi connectivity index (χ2v) is 5.58. The lowest BCUT2D eigenvalue weighted by atomic mass is 10.0. The second-order valence-electron chi connectivity index (χ2n) is 4.72. The number of anilines is 1. The number of nitrogens with zero attached hydrogens (tertiary/aromatic N) is 1. The van der Waals surface area contributed by atoms with Crippen molar-refractivity contribution in [2.45, 2.75) is 39.7 Å². The Labute approximate surface area is 101 Å². The monoisotopic (exact) mass is 234 g/mol. The normalized spacial score (nSPS) is 11.6. The van der Waals surface area contributed by atoms with Gasteiger partial charge in [-0.15, -0.1) is 11.3 Å². The molecule has 0 saturated carbocycles. The molecular weight excluding hydrogens is 216 g/mol. The van der Waals surface area contributed by atoms with E-state index in [0.717, 1.165) is 5.52 Å². The van der Waals surface area contributed by atoms with E-state index in [9.17, 15) is 0 Å². The van der Waals surface area contributed by atoms with Crippen molar-refractivity contribution in [3.05, 3.63) is 23.2 Å². The van der Waals surface area contributed by atoms with E-state index in [-0.39, 0.29) is 0 Å². The molecule has 2 rings (SSSR count). The molecule has 1 aromatic heterocycles. The van der Waals surface area contributed by atoms with E-state index in [1.54, 1.807) is 11.3 Å². The molecule has 0 radical (unpaired) electrons. The summed E-state index contributed by atoms with van der Waals surface area (Å²) in [5.41, 5.74) is 5.60. The zero-order valence-corrected chi connectivity index (χ0v) is 11.1. The molecule has 0 saturated heterocycles. The third kappa shape index (κ3) is 2.19. The van der Waals surface area contributed by atoms with Gasteiger partial charge in [0.15, 0.2) is 0 Å². The fourth-order valence-electron chi connectivity index (χ4n) is 1.74. The SMILES string of the molecule is CC(C)Nc1cc(C(C)C)cc2ncsc12. The zero-order valence-electron chi connectivity index (χ0n) is 10.2. The number of aromatic nitrogens is 1. The maximum atomic E-state index is 4.41. The third-order valence-corrected chi connectivity index (χ3v) is 3.44. The van der Waals surface area contributed by atoms with Gasteiger partial charge >= 0.3 is 0 Å². The molecule has 0 unspecified atom stereocenters. The van der Waals surface area contributed by atoms with Gasteiger partial charge in [0.25, 0.3) is 0 Å². The first-order valence-corrected chi connectivity index (χ1v) is 6.59. The van der Waals surface area contributed by atoms with Gasteiger partial charge in [-0.2, -0.15) is 0 Å². The summed E-state index contributed by atoms with van der Waals surface area (Å²) in [4.78, 5) is 4.41. The highest BCUT2D eigenvalue weighted by atomic mass is 32.1. The minimum absolute atomic E-state index is 0.452. The Hall–Kier alpha value is -1.09. The van der Waals surface area contributed by atoms with E-state index in [0.29, 0.717) is 12.0 Å². The predicted octanol–water partition coefficient (Wildman–Crippen LogP) is 4.24. The summed E-state index contributed by atoms with van der Waals surface area (Å²) in [6, 6.07) is 4.90. The average Bonchev–Trinajstić information content (AvgIpc) is 2.64. The zero-order chi connectivity index (χ0) is 11.7. The largest absolute Gasteiger partial charge is 0.382 e. The summed E-state index contributed by atoms with van der Waals surface area (Å²) in [6.07, 6.45) is 0. The minimum atomic E-state index is 0.452. The van der Waals surface area contributed by atoms with Crippen molar-refractivity contribution in [2.24, 2.45) is 0 Å². The maximum Gasteiger partial charge on any atom is 0.0835 e. The smallest absolute Gasteiger partial charge is 0.0835 e. The average molecular weight is 234 g/mol. The van der Waals surface area contributed by atoms with Crippen molar-refractivity contribution < 1.29 is 0 Å². The summed E-state index contributed by atoms with van der Waals surface area (Å²) in [7, 11) is 0. The van der Waals surface area contributed by atoms with E-state index in [1.807, 2.05) is 5.51 Å². The topological polar surface area (TPSA) is 24.9 Å². The van der Waals surface area contributed by atoms with Crippen LogP contribution in [0.5, 0.6) is 0 Å². The highest BCUT2D eigenvalue weighted by Gasteiger charge is 2.09. The number of rotatable bonds is 3. The number of hydrogen-bond acceptors (Lipinski definition) is 3. The van der Waals surface area contributed by atoms with Crippen molar-refractivity contribution in [1.82, 2.24) is 4.98 Å². The summed E-state index contributed by atoms with van der Waals surface area (Å²) in [5, 5.41) is 3.50. The molecule has 1 aromatic carbocycles. The van der Waals surface area contributed by atoms with Crippen molar-refractivity contribution >= 4 is 27.2 Å². The third-order valence-electron chi connectivity index (χ3n) is 2.56. The second kappa shape index (κ2) is 4.42. The number of nitrogens with one attached hydrogen (secondary N) is 1. The molecule has 0 aliphatic carbocycles. The van der Waals surface area contributed by atoms with Crippen LogP contribution in [-0.2, 0) is 0 Å². The Bertz CT molecular complexity index is 486. The van der Waals surface area contributed by atoms with Crippen LogP contribution < -0.4 is 5.32 Å². The van der Waals surface area contributed by atoms with Gasteiger partial charge in [-0.05, 0) is 37.5 Å². The van der Waals surface area contributed by atoms with Gasteiger partial charge in [0, 0.05) is 6.04 Å². The molecule has 0 bridgehead atoms. The van der Waals surface area contributed by atoms with Crippen molar-refractivity contribution in [2.75, 3.05) is 5.32 Å². The maximum absolute atomic E-state index is 4.41. The van der Waals surface area contributed by atoms with Gasteiger partial charge < -0.3 is 5.32 Å². The number of fused-ring (bicyclic) bond motifs is 1. The molecule has 0 atom stereocenters. The first-order chi connectivity index (χ1) is 7.58. The number of thiazole rings is 1. The van der Waals surface area contributed by atoms with Crippen LogP contribution in [0.1, 0.15) is 39.2 Å². The van der Waals surface area contributed by atoms with E-state index in [2.05, 4.69) is 50.1 Å². The van der Waals surface area contributed by atoms with Gasteiger partial charge in [-0.1, -0.05) is 13.8 Å². The molecule has 0 spiro atoms. The van der Waals surface area contributed by atoms with E-state index in [1.165, 1.54) is 16.0 Å². The van der Waals surface area contributed by atoms with Crippen molar-refractivity contribution in [1.29, 1.82) is 0 Å². The lowest BCUT2D eigenvalue weighted by Crippen LogP contribution is -2.10. The van der Waals surface area contributed by atoms with Crippen LogP contribution in [0.2, 0.25) is 0 Å². The van der Waals surface area contributed by atoms with E-state index >= 15 is 0 Å². The van der Waals surface area contributed by atoms with Gasteiger partial charge in [0.2, 0.25) is 0 Å². The molecule has 3 heteroatoms. The quantitative estimate of drug-likeness (QED) is 0.859. The van der Waals surface area contributed by atoms with Crippen LogP contribution in [0.3, 0.4) is 0 Å². The Morgan fingerprint density at radius 2 is 1.94 bits per heavy atom. The molecule has 2 nitrogen and oxygen atoms in total. The lowest BCUT2D eigenvalue weighted by Gasteiger charge is -2.14. The first-order valence-electron chi connectivity index (χ1n) is 5.71. The Morgan fingerprint density at radius 1 is 1.19 bits per heavy atom. The highest BCUT2D eigenvalue weighted by molar-refractivity contribution is 7.17. The fraction of sp³-hybridized carbons (Fsp3) is 0.462. The summed E-state index contributed by atoms with van der Waals surface area (Å²) < 4.78 is 1.26. The molecular formula is C13H18N2S. The number of hydrogen-bond donors (Lipinski definition) is 1. The molecule has 0 aliphatic heterocycles. The molecule has 0 aliphatic rings. The summed E-state index contributed by atoms with van der Waals surface area (Å²) in [5.74, 6) is 0.541. The van der Waals surface area contributed by atoms with Crippen LogP contribution in [0.15, 0.2) is 17.6 Å². The van der Waals surface area contributed by atoms with Crippen LogP contribution in [0.25, 0.3) is 10.2 Å². The Morgan fingerprint density at radius 3 is 2.56 bits per heavy atom. The molecule has 16 heavy (non-hydrogen) atoms. The van der Waals surface area contributed by atoms with Crippen molar-refractivity contribution in [3.63, 3.8) is 0 Å². The summed E-state index contributed by atoms with van der Waals surface area (Å²) in [6.45, 7) is 8.75. The van der Waals surface area contributed by atoms with Gasteiger partial charge in [-0.3, -0.25) is 0 Å².